The SMILES string of the molecule is CC(C)CN1CCN(S(=O)(=O)CC2CCCC2)CC1=O. The Balaban J connectivity index is 1.92. The quantitative estimate of drug-likeness (QED) is 0.769. The zero-order valence-electron chi connectivity index (χ0n) is 12.5. The Labute approximate surface area is 122 Å². The average Bonchev–Trinajstić information content (AvgIpc) is 2.83. The third-order valence-electron chi connectivity index (χ3n) is 4.18. The second-order valence-corrected chi connectivity index (χ2v) is 8.51. The van der Waals surface area contributed by atoms with Crippen LogP contribution >= 0.6 is 0 Å². The highest BCUT2D eigenvalue weighted by atomic mass is 32.2. The Morgan fingerprint density at radius 1 is 1.20 bits per heavy atom. The Hall–Kier alpha value is -0.620. The van der Waals surface area contributed by atoms with Gasteiger partial charge < -0.3 is 4.90 Å². The Morgan fingerprint density at radius 2 is 1.85 bits per heavy atom. The van der Waals surface area contributed by atoms with Gasteiger partial charge in [0, 0.05) is 19.6 Å². The lowest BCUT2D eigenvalue weighted by Crippen LogP contribution is -2.53. The predicted octanol–water partition coefficient (Wildman–Crippen LogP) is 1.31. The molecule has 0 atom stereocenters. The number of rotatable bonds is 5. The minimum atomic E-state index is -3.27. The normalized spacial score (nSPS) is 22.9. The number of piperazine rings is 1. The minimum absolute atomic E-state index is 0.0295. The van der Waals surface area contributed by atoms with Crippen LogP contribution in [0.1, 0.15) is 39.5 Å². The Morgan fingerprint density at radius 3 is 2.40 bits per heavy atom. The molecule has 1 aliphatic carbocycles. The van der Waals surface area contributed by atoms with E-state index in [2.05, 4.69) is 13.8 Å². The van der Waals surface area contributed by atoms with Crippen molar-refractivity contribution in [1.82, 2.24) is 9.21 Å². The maximum Gasteiger partial charge on any atom is 0.237 e. The van der Waals surface area contributed by atoms with Crippen LogP contribution < -0.4 is 0 Å². The van der Waals surface area contributed by atoms with Crippen molar-refractivity contribution < 1.29 is 13.2 Å². The highest BCUT2D eigenvalue weighted by molar-refractivity contribution is 7.89. The predicted molar refractivity (Wildman–Crippen MR) is 78.7 cm³/mol. The van der Waals surface area contributed by atoms with E-state index in [-0.39, 0.29) is 18.2 Å². The Kier molecular flexibility index (Phi) is 5.07. The van der Waals surface area contributed by atoms with E-state index < -0.39 is 10.0 Å². The van der Waals surface area contributed by atoms with Crippen molar-refractivity contribution >= 4 is 15.9 Å². The Bertz CT molecular complexity index is 441. The molecule has 1 amide bonds. The first-order valence-electron chi connectivity index (χ1n) is 7.64. The van der Waals surface area contributed by atoms with E-state index in [0.29, 0.717) is 24.9 Å². The summed E-state index contributed by atoms with van der Waals surface area (Å²) in [6.07, 6.45) is 4.31. The van der Waals surface area contributed by atoms with Crippen molar-refractivity contribution in [3.63, 3.8) is 0 Å². The van der Waals surface area contributed by atoms with Gasteiger partial charge in [-0.1, -0.05) is 26.7 Å². The van der Waals surface area contributed by atoms with Crippen LogP contribution in [-0.4, -0.2) is 55.5 Å². The first-order chi connectivity index (χ1) is 9.38. The molecule has 6 heteroatoms. The zero-order valence-corrected chi connectivity index (χ0v) is 13.4. The van der Waals surface area contributed by atoms with Gasteiger partial charge in [0.1, 0.15) is 0 Å². The summed E-state index contributed by atoms with van der Waals surface area (Å²) in [7, 11) is -3.27. The van der Waals surface area contributed by atoms with E-state index in [1.807, 2.05) is 0 Å². The van der Waals surface area contributed by atoms with Crippen molar-refractivity contribution in [2.75, 3.05) is 31.9 Å². The molecule has 1 saturated carbocycles. The lowest BCUT2D eigenvalue weighted by molar-refractivity contribution is -0.134. The van der Waals surface area contributed by atoms with Crippen molar-refractivity contribution in [1.29, 1.82) is 0 Å². The fraction of sp³-hybridized carbons (Fsp3) is 0.929. The summed E-state index contributed by atoms with van der Waals surface area (Å²) in [6, 6.07) is 0. The highest BCUT2D eigenvalue weighted by Crippen LogP contribution is 2.27. The van der Waals surface area contributed by atoms with Gasteiger partial charge in [0.05, 0.1) is 12.3 Å². The molecule has 116 valence electrons. The maximum absolute atomic E-state index is 12.4. The van der Waals surface area contributed by atoms with Crippen LogP contribution in [0.25, 0.3) is 0 Å². The molecule has 0 aromatic rings. The molecule has 0 bridgehead atoms. The molecule has 1 aliphatic heterocycles. The molecule has 2 rings (SSSR count). The van der Waals surface area contributed by atoms with Crippen molar-refractivity contribution in [2.45, 2.75) is 39.5 Å². The van der Waals surface area contributed by atoms with Gasteiger partial charge in [0.15, 0.2) is 0 Å². The second-order valence-electron chi connectivity index (χ2n) is 6.50. The van der Waals surface area contributed by atoms with E-state index in [9.17, 15) is 13.2 Å². The maximum atomic E-state index is 12.4. The smallest absolute Gasteiger partial charge is 0.237 e. The molecule has 0 spiro atoms. The summed E-state index contributed by atoms with van der Waals surface area (Å²) >= 11 is 0. The lowest BCUT2D eigenvalue weighted by atomic mass is 10.1. The van der Waals surface area contributed by atoms with Crippen molar-refractivity contribution in [3.05, 3.63) is 0 Å². The molecule has 0 aromatic carbocycles. The fourth-order valence-corrected chi connectivity index (χ4v) is 4.95. The molecule has 0 aromatic heterocycles. The van der Waals surface area contributed by atoms with Gasteiger partial charge in [0.2, 0.25) is 15.9 Å². The van der Waals surface area contributed by atoms with Crippen molar-refractivity contribution in [3.8, 4) is 0 Å². The van der Waals surface area contributed by atoms with Gasteiger partial charge in [0.25, 0.3) is 0 Å². The summed E-state index contributed by atoms with van der Waals surface area (Å²) in [5.74, 6) is 0.883. The zero-order chi connectivity index (χ0) is 14.8. The second kappa shape index (κ2) is 6.43. The van der Waals surface area contributed by atoms with Gasteiger partial charge in [-0.25, -0.2) is 8.42 Å². The van der Waals surface area contributed by atoms with Gasteiger partial charge in [-0.3, -0.25) is 4.79 Å². The van der Waals surface area contributed by atoms with Crippen LogP contribution in [0.3, 0.4) is 0 Å². The lowest BCUT2D eigenvalue weighted by Gasteiger charge is -2.35. The van der Waals surface area contributed by atoms with Gasteiger partial charge in [-0.15, -0.1) is 0 Å². The van der Waals surface area contributed by atoms with Crippen LogP contribution in [0.2, 0.25) is 0 Å². The largest absolute Gasteiger partial charge is 0.340 e. The van der Waals surface area contributed by atoms with Crippen LogP contribution in [0, 0.1) is 11.8 Å². The van der Waals surface area contributed by atoms with Gasteiger partial charge >= 0.3 is 0 Å². The summed E-state index contributed by atoms with van der Waals surface area (Å²) < 4.78 is 26.1. The molecule has 1 saturated heterocycles. The monoisotopic (exact) mass is 302 g/mol. The molecule has 0 radical (unpaired) electrons. The molecular weight excluding hydrogens is 276 g/mol. The molecule has 1 heterocycles. The molecule has 0 unspecified atom stereocenters. The van der Waals surface area contributed by atoms with Crippen LogP contribution in [0.5, 0.6) is 0 Å². The molecule has 20 heavy (non-hydrogen) atoms. The fourth-order valence-electron chi connectivity index (χ4n) is 3.14. The third kappa shape index (κ3) is 3.95. The van der Waals surface area contributed by atoms with E-state index in [4.69, 9.17) is 0 Å². The summed E-state index contributed by atoms with van der Waals surface area (Å²) in [6.45, 7) is 5.86. The third-order valence-corrected chi connectivity index (χ3v) is 6.17. The first-order valence-corrected chi connectivity index (χ1v) is 9.25. The summed E-state index contributed by atoms with van der Waals surface area (Å²) in [5.41, 5.74) is 0. The number of sulfonamides is 1. The summed E-state index contributed by atoms with van der Waals surface area (Å²) in [4.78, 5) is 13.8. The van der Waals surface area contributed by atoms with Crippen LogP contribution in [-0.2, 0) is 14.8 Å². The van der Waals surface area contributed by atoms with Gasteiger partial charge in [-0.05, 0) is 24.7 Å². The first kappa shape index (κ1) is 15.8. The number of carbonyl (C=O) groups is 1. The molecule has 2 aliphatic rings. The topological polar surface area (TPSA) is 57.7 Å². The van der Waals surface area contributed by atoms with Gasteiger partial charge in [-0.2, -0.15) is 4.31 Å². The average molecular weight is 302 g/mol. The number of hydrogen-bond donors (Lipinski definition) is 0. The van der Waals surface area contributed by atoms with E-state index in [1.54, 1.807) is 4.90 Å². The standard InChI is InChI=1S/C14H26N2O3S/c1-12(2)9-15-7-8-16(10-14(15)17)20(18,19)11-13-5-3-4-6-13/h12-13H,3-11H2,1-2H3. The minimum Gasteiger partial charge on any atom is -0.340 e. The van der Waals surface area contributed by atoms with E-state index >= 15 is 0 Å². The molecule has 0 N–H and O–H groups in total. The number of hydrogen-bond acceptors (Lipinski definition) is 3. The van der Waals surface area contributed by atoms with E-state index in [1.165, 1.54) is 4.31 Å². The van der Waals surface area contributed by atoms with Crippen molar-refractivity contribution in [2.24, 2.45) is 11.8 Å². The number of nitrogens with zero attached hydrogens (tertiary/aromatic N) is 2. The summed E-state index contributed by atoms with van der Waals surface area (Å²) in [5, 5.41) is 0. The number of amides is 1. The van der Waals surface area contributed by atoms with Crippen LogP contribution in [0.4, 0.5) is 0 Å². The molecule has 2 fully saturated rings. The van der Waals surface area contributed by atoms with E-state index in [0.717, 1.165) is 32.2 Å². The number of carbonyl (C=O) groups excluding carboxylic acids is 1. The molecule has 5 nitrogen and oxygen atoms in total. The van der Waals surface area contributed by atoms with Crippen LogP contribution in [0.15, 0.2) is 0 Å². The highest BCUT2D eigenvalue weighted by Gasteiger charge is 2.33. The molecular formula is C14H26N2O3S.